The Morgan fingerprint density at radius 2 is 1.48 bits per heavy atom. The normalized spacial score (nSPS) is 12.9. The van der Waals surface area contributed by atoms with Crippen molar-refractivity contribution >= 4 is 35.8 Å². The fourth-order valence-corrected chi connectivity index (χ4v) is 5.57. The molecule has 3 atom stereocenters. The number of primary amides is 1. The lowest BCUT2D eigenvalue weighted by molar-refractivity contribution is -0.129. The van der Waals surface area contributed by atoms with Crippen molar-refractivity contribution in [3.63, 3.8) is 0 Å². The molecule has 1 heterocycles. The van der Waals surface area contributed by atoms with Gasteiger partial charge in [0.15, 0.2) is 17.5 Å². The van der Waals surface area contributed by atoms with Gasteiger partial charge in [0.25, 0.3) is 5.91 Å². The third kappa shape index (κ3) is 17.1. The van der Waals surface area contributed by atoms with Crippen LogP contribution < -0.4 is 33.6 Å². The van der Waals surface area contributed by atoms with Gasteiger partial charge in [-0.2, -0.15) is 0 Å². The third-order valence-electron chi connectivity index (χ3n) is 8.95. The third-order valence-corrected chi connectivity index (χ3v) is 8.95. The zero-order chi connectivity index (χ0) is 41.5. The molecule has 3 amide bonds. The Morgan fingerprint density at radius 3 is 2.09 bits per heavy atom. The predicted molar refractivity (Wildman–Crippen MR) is 217 cm³/mol. The summed E-state index contributed by atoms with van der Waals surface area (Å²) in [7, 11) is 1.83. The van der Waals surface area contributed by atoms with Crippen LogP contribution in [0.25, 0.3) is 11.1 Å². The Hall–Kier alpha value is -5.20. The highest BCUT2D eigenvalue weighted by molar-refractivity contribution is 6.06. The number of unbranched alkanes of at least 4 members (excludes halogenated alkanes) is 3. The van der Waals surface area contributed by atoms with Crippen LogP contribution in [-0.4, -0.2) is 118 Å². The van der Waals surface area contributed by atoms with Crippen LogP contribution in [0.5, 0.6) is 0 Å². The van der Waals surface area contributed by atoms with Gasteiger partial charge < -0.3 is 53.6 Å². The molecular weight excluding hydrogens is 720 g/mol. The van der Waals surface area contributed by atoms with Gasteiger partial charge in [-0.1, -0.05) is 55.0 Å². The number of nitrogens with two attached hydrogens (primary N) is 4. The van der Waals surface area contributed by atoms with E-state index in [-0.39, 0.29) is 55.2 Å². The largest absolute Gasteiger partial charge is 0.396 e. The number of hydrogen-bond acceptors (Lipinski definition) is 13. The van der Waals surface area contributed by atoms with Crippen molar-refractivity contribution in [3.05, 3.63) is 71.0 Å². The van der Waals surface area contributed by atoms with Crippen LogP contribution in [0.1, 0.15) is 72.3 Å². The molecule has 1 aromatic heterocycles. The Labute approximate surface area is 328 Å². The summed E-state index contributed by atoms with van der Waals surface area (Å²) in [6.07, 6.45) is 3.00. The molecule has 2 aromatic carbocycles. The minimum Gasteiger partial charge on any atom is -0.396 e. The maximum absolute atomic E-state index is 12.7. The van der Waals surface area contributed by atoms with E-state index in [0.29, 0.717) is 38.2 Å². The molecule has 0 aliphatic heterocycles. The predicted octanol–water partition coefficient (Wildman–Crippen LogP) is 0.401. The minimum atomic E-state index is -1.30. The second kappa shape index (κ2) is 25.8. The number of nitrogens with one attached hydrogen (secondary N) is 2. The quantitative estimate of drug-likeness (QED) is 0.0286. The van der Waals surface area contributed by atoms with Crippen molar-refractivity contribution in [2.75, 3.05) is 51.3 Å². The first-order valence-electron chi connectivity index (χ1n) is 18.7. The first-order valence-corrected chi connectivity index (χ1v) is 18.7. The van der Waals surface area contributed by atoms with E-state index in [2.05, 4.69) is 79.9 Å². The zero-order valence-corrected chi connectivity index (χ0v) is 32.4. The average molecular weight is 781 g/mol. The van der Waals surface area contributed by atoms with Gasteiger partial charge in [0.05, 0.1) is 17.9 Å². The molecule has 0 saturated carbocycles. The first-order chi connectivity index (χ1) is 26.8. The topological polar surface area (TPSA) is 302 Å². The number of hydrogen-bond donors (Lipinski definition) is 10. The maximum Gasteiger partial charge on any atom is 0.280 e. The monoisotopic (exact) mass is 780 g/mol. The van der Waals surface area contributed by atoms with Gasteiger partial charge in [-0.05, 0) is 80.7 Å². The summed E-state index contributed by atoms with van der Waals surface area (Å²) < 4.78 is 0. The molecular formula is C39H60N10O7. The number of benzene rings is 2. The van der Waals surface area contributed by atoms with E-state index in [4.69, 9.17) is 27.1 Å². The fourth-order valence-electron chi connectivity index (χ4n) is 5.57. The first kappa shape index (κ1) is 47.0. The zero-order valence-electron chi connectivity index (χ0n) is 32.4. The van der Waals surface area contributed by atoms with Crippen LogP contribution >= 0.6 is 0 Å². The molecule has 0 spiro atoms. The summed E-state index contributed by atoms with van der Waals surface area (Å²) in [6.45, 7) is 3.30. The number of carbonyl (C=O) groups excluding carboxylic acids is 3. The van der Waals surface area contributed by atoms with E-state index in [1.54, 1.807) is 11.8 Å². The van der Waals surface area contributed by atoms with E-state index in [9.17, 15) is 24.9 Å². The molecule has 0 saturated heterocycles. The van der Waals surface area contributed by atoms with Gasteiger partial charge in [0, 0.05) is 39.7 Å². The summed E-state index contributed by atoms with van der Waals surface area (Å²) in [6, 6.07) is 16.8. The number of aliphatic hydroxyl groups excluding tert-OH is 4. The highest BCUT2D eigenvalue weighted by atomic mass is 16.4. The Balaban J connectivity index is 0.00000349. The van der Waals surface area contributed by atoms with Crippen molar-refractivity contribution in [3.8, 4) is 11.1 Å². The molecule has 0 bridgehead atoms. The van der Waals surface area contributed by atoms with E-state index in [0.717, 1.165) is 55.2 Å². The molecule has 0 fully saturated rings. The lowest BCUT2D eigenvalue weighted by Crippen LogP contribution is -2.43. The fraction of sp³-hybridized carbons (Fsp3) is 0.487. The summed E-state index contributed by atoms with van der Waals surface area (Å²) in [5.74, 6) is -0.409. The smallest absolute Gasteiger partial charge is 0.280 e. The van der Waals surface area contributed by atoms with Crippen LogP contribution in [0.3, 0.4) is 0 Å². The van der Waals surface area contributed by atoms with Crippen LogP contribution in [-0.2, 0) is 22.4 Å². The van der Waals surface area contributed by atoms with Crippen molar-refractivity contribution in [1.29, 1.82) is 0 Å². The molecule has 14 N–H and O–H groups in total. The van der Waals surface area contributed by atoms with Crippen LogP contribution in [0.15, 0.2) is 53.5 Å². The van der Waals surface area contributed by atoms with Crippen LogP contribution in [0, 0.1) is 6.92 Å². The van der Waals surface area contributed by atoms with Gasteiger partial charge >= 0.3 is 0 Å². The van der Waals surface area contributed by atoms with Crippen LogP contribution in [0.4, 0.5) is 11.6 Å². The number of anilines is 2. The second-order valence-electron chi connectivity index (χ2n) is 13.4. The van der Waals surface area contributed by atoms with E-state index >= 15 is 0 Å². The van der Waals surface area contributed by atoms with E-state index < -0.39 is 24.2 Å². The average Bonchev–Trinajstić information content (AvgIpc) is 3.18. The highest BCUT2D eigenvalue weighted by Gasteiger charge is 2.23. The number of aliphatic hydroxyl groups is 4. The number of nitrogen functional groups attached to an aromatic ring is 2. The van der Waals surface area contributed by atoms with Crippen LogP contribution in [0.2, 0.25) is 0 Å². The minimum absolute atomic E-state index is 0.0128. The number of amides is 3. The van der Waals surface area contributed by atoms with Crippen molar-refractivity contribution < 1.29 is 34.8 Å². The van der Waals surface area contributed by atoms with E-state index in [1.807, 2.05) is 7.05 Å². The molecule has 56 heavy (non-hydrogen) atoms. The van der Waals surface area contributed by atoms with Gasteiger partial charge in [0.2, 0.25) is 12.3 Å². The van der Waals surface area contributed by atoms with Crippen molar-refractivity contribution in [2.45, 2.75) is 83.0 Å². The number of aliphatic imine (C=N–C) groups is 1. The molecule has 0 aliphatic rings. The van der Waals surface area contributed by atoms with Gasteiger partial charge in [-0.25, -0.2) is 9.97 Å². The summed E-state index contributed by atoms with van der Waals surface area (Å²) >= 11 is 0. The summed E-state index contributed by atoms with van der Waals surface area (Å²) in [5.41, 5.74) is 26.4. The lowest BCUT2D eigenvalue weighted by Gasteiger charge is -2.22. The number of rotatable bonds is 22. The number of aromatic nitrogens is 2. The lowest BCUT2D eigenvalue weighted by atomic mass is 9.99. The Bertz CT molecular complexity index is 1660. The number of aryl methyl sites for hydroxylation is 3. The van der Waals surface area contributed by atoms with Gasteiger partial charge in [-0.15, -0.1) is 0 Å². The molecule has 3 rings (SSSR count). The molecule has 3 aromatic rings. The Kier molecular flexibility index (Phi) is 21.6. The number of nitrogens with zero attached hydrogens (tertiary/aromatic N) is 4. The maximum atomic E-state index is 12.7. The molecule has 0 radical (unpaired) electrons. The molecule has 3 unspecified atom stereocenters. The summed E-state index contributed by atoms with van der Waals surface area (Å²) in [5, 5.41) is 43.8. The van der Waals surface area contributed by atoms with Gasteiger partial charge in [0.1, 0.15) is 11.9 Å². The summed E-state index contributed by atoms with van der Waals surface area (Å²) in [4.78, 5) is 47.7. The van der Waals surface area contributed by atoms with E-state index in [1.165, 1.54) is 5.56 Å². The van der Waals surface area contributed by atoms with Crippen molar-refractivity contribution in [2.24, 2.45) is 16.5 Å². The standard InChI is InChI=1S/C38H57N9O6.CH3NO/c1-25-35(39)45-36(40)33(44-25)37(53)46-38(41)43-21-6-4-8-26-9-14-28(15-10-26)29-16-11-27(12-17-29)13-18-32(51)47(2)22-7-3-5-20-42-24-31(50)34(52)30(49)19-23-48;2-1-3/h9-12,14-17,30-31,34,42,48-50,52H,3-8,13,18-24H2,1-2H3,(H4,39,40,45)(H3,41,43,46,53);1H,(H2,2,3). The number of guanidine groups is 1. The highest BCUT2D eigenvalue weighted by Crippen LogP contribution is 2.22. The molecule has 17 nitrogen and oxygen atoms in total. The number of carbonyl (C=O) groups is 3. The SMILES string of the molecule is Cc1nc(C(=O)NC(N)=NCCCCc2ccc(-c3ccc(CCC(=O)N(C)CCCCCNCC(O)C(O)C(O)CCO)cc3)cc2)c(N)nc1N.NC=O. The Morgan fingerprint density at radius 1 is 0.875 bits per heavy atom. The molecule has 0 aliphatic carbocycles. The molecule has 308 valence electrons. The van der Waals surface area contributed by atoms with Gasteiger partial charge in [-0.3, -0.25) is 24.7 Å². The van der Waals surface area contributed by atoms with Crippen molar-refractivity contribution in [1.82, 2.24) is 25.5 Å². The molecule has 17 heteroatoms. The second-order valence-corrected chi connectivity index (χ2v) is 13.4.